The molecule has 2 N–H and O–H groups in total. The zero-order chi connectivity index (χ0) is 20.0. The van der Waals surface area contributed by atoms with Gasteiger partial charge in [0, 0.05) is 5.92 Å². The summed E-state index contributed by atoms with van der Waals surface area (Å²) in [6, 6.07) is 0. The first-order valence-electron chi connectivity index (χ1n) is 9.43. The lowest BCUT2D eigenvalue weighted by molar-refractivity contribution is -0.143. The highest BCUT2D eigenvalue weighted by Crippen LogP contribution is 2.73. The number of Topliss-reactive ketones (excluding diaryl/α,β-unsaturated/α-hetero) is 3. The Hall–Kier alpha value is -1.49. The Morgan fingerprint density at radius 2 is 1.69 bits per heavy atom. The molecule has 2 fully saturated rings. The molecule has 3 aliphatic rings. The monoisotopic (exact) mass is 362 g/mol. The summed E-state index contributed by atoms with van der Waals surface area (Å²) in [6.45, 7) is 12.4. The molecule has 0 saturated heterocycles. The van der Waals surface area contributed by atoms with Crippen molar-refractivity contribution in [2.75, 3.05) is 0 Å². The van der Waals surface area contributed by atoms with E-state index in [-0.39, 0.29) is 35.4 Å². The van der Waals surface area contributed by atoms with Gasteiger partial charge in [0.25, 0.3) is 0 Å². The minimum absolute atomic E-state index is 0.184. The smallest absolute Gasteiger partial charge is 0.183 e. The Morgan fingerprint density at radius 1 is 1.15 bits per heavy atom. The molecule has 0 radical (unpaired) electrons. The van der Waals surface area contributed by atoms with E-state index in [2.05, 4.69) is 0 Å². The molecule has 0 heterocycles. The van der Waals surface area contributed by atoms with Crippen molar-refractivity contribution < 1.29 is 24.6 Å². The Balaban J connectivity index is 2.30. The second-order valence-corrected chi connectivity index (χ2v) is 10.2. The van der Waals surface area contributed by atoms with Crippen molar-refractivity contribution in [3.8, 4) is 0 Å². The minimum atomic E-state index is -1.27. The molecule has 3 rings (SSSR count). The number of aliphatic hydroxyl groups excluding tert-OH is 1. The summed E-state index contributed by atoms with van der Waals surface area (Å²) < 4.78 is 0. The van der Waals surface area contributed by atoms with Gasteiger partial charge in [-0.15, -0.1) is 0 Å². The van der Waals surface area contributed by atoms with Crippen molar-refractivity contribution in [1.29, 1.82) is 0 Å². The predicted molar refractivity (Wildman–Crippen MR) is 96.3 cm³/mol. The van der Waals surface area contributed by atoms with Gasteiger partial charge in [-0.2, -0.15) is 0 Å². The molecular formula is C21H30O5. The van der Waals surface area contributed by atoms with Crippen LogP contribution in [0.2, 0.25) is 0 Å². The van der Waals surface area contributed by atoms with Crippen molar-refractivity contribution in [3.63, 3.8) is 0 Å². The van der Waals surface area contributed by atoms with E-state index in [4.69, 9.17) is 0 Å². The van der Waals surface area contributed by atoms with Crippen LogP contribution in [-0.4, -0.2) is 33.2 Å². The van der Waals surface area contributed by atoms with Gasteiger partial charge in [0.05, 0.1) is 16.4 Å². The third-order valence-electron chi connectivity index (χ3n) is 7.45. The number of hydrogen-bond donors (Lipinski definition) is 2. The average molecular weight is 362 g/mol. The number of allylic oxidation sites excluding steroid dienone is 2. The van der Waals surface area contributed by atoms with Crippen LogP contribution in [0, 0.1) is 34.0 Å². The molecule has 26 heavy (non-hydrogen) atoms. The number of ketones is 3. The van der Waals surface area contributed by atoms with E-state index >= 15 is 0 Å². The molecule has 144 valence electrons. The van der Waals surface area contributed by atoms with Gasteiger partial charge in [-0.1, -0.05) is 27.7 Å². The topological polar surface area (TPSA) is 91.7 Å². The second-order valence-electron chi connectivity index (χ2n) is 10.2. The normalized spacial score (nSPS) is 39.0. The molecule has 2 saturated carbocycles. The number of hydrogen-bond acceptors (Lipinski definition) is 5. The third kappa shape index (κ3) is 1.98. The summed E-state index contributed by atoms with van der Waals surface area (Å²) in [4.78, 5) is 39.2. The van der Waals surface area contributed by atoms with E-state index in [1.54, 1.807) is 34.6 Å². The Morgan fingerprint density at radius 3 is 2.15 bits per heavy atom. The quantitative estimate of drug-likeness (QED) is 0.595. The molecule has 0 aliphatic heterocycles. The first-order chi connectivity index (χ1) is 11.6. The fourth-order valence-corrected chi connectivity index (χ4v) is 6.14. The van der Waals surface area contributed by atoms with Gasteiger partial charge in [0.2, 0.25) is 0 Å². The van der Waals surface area contributed by atoms with Gasteiger partial charge < -0.3 is 10.2 Å². The molecule has 4 atom stereocenters. The van der Waals surface area contributed by atoms with Gasteiger partial charge in [-0.25, -0.2) is 0 Å². The number of carbonyl (C=O) groups excluding carboxylic acids is 3. The first kappa shape index (κ1) is 19.3. The summed E-state index contributed by atoms with van der Waals surface area (Å²) in [7, 11) is 0. The summed E-state index contributed by atoms with van der Waals surface area (Å²) in [6.07, 6.45) is 0.569. The van der Waals surface area contributed by atoms with Crippen LogP contribution in [0.1, 0.15) is 61.3 Å². The molecule has 3 aliphatic carbocycles. The molecule has 2 bridgehead atoms. The van der Waals surface area contributed by atoms with Crippen LogP contribution < -0.4 is 0 Å². The Labute approximate surface area is 154 Å². The summed E-state index contributed by atoms with van der Waals surface area (Å²) >= 11 is 0. The van der Waals surface area contributed by atoms with E-state index in [1.807, 2.05) is 13.8 Å². The molecule has 0 aromatic carbocycles. The maximum atomic E-state index is 13.4. The van der Waals surface area contributed by atoms with Crippen LogP contribution in [0.15, 0.2) is 11.3 Å². The number of rotatable bonds is 3. The third-order valence-corrected chi connectivity index (χ3v) is 7.45. The van der Waals surface area contributed by atoms with Gasteiger partial charge in [0.15, 0.2) is 17.3 Å². The molecule has 5 heteroatoms. The maximum Gasteiger partial charge on any atom is 0.183 e. The van der Waals surface area contributed by atoms with Crippen LogP contribution in [0.5, 0.6) is 0 Å². The van der Waals surface area contributed by atoms with E-state index in [9.17, 15) is 24.6 Å². The van der Waals surface area contributed by atoms with Crippen LogP contribution in [0.3, 0.4) is 0 Å². The molecule has 5 nitrogen and oxygen atoms in total. The number of fused-ring (bicyclic) bond motifs is 1. The molecule has 0 unspecified atom stereocenters. The van der Waals surface area contributed by atoms with Crippen molar-refractivity contribution in [2.45, 2.75) is 66.9 Å². The molecular weight excluding hydrogens is 332 g/mol. The predicted octanol–water partition coefficient (Wildman–Crippen LogP) is 3.01. The lowest BCUT2D eigenvalue weighted by atomic mass is 9.64. The van der Waals surface area contributed by atoms with Crippen LogP contribution in [-0.2, 0) is 14.4 Å². The van der Waals surface area contributed by atoms with Crippen LogP contribution >= 0.6 is 0 Å². The highest BCUT2D eigenvalue weighted by Gasteiger charge is 2.77. The molecule has 0 amide bonds. The van der Waals surface area contributed by atoms with Crippen LogP contribution in [0.4, 0.5) is 0 Å². The maximum absolute atomic E-state index is 13.4. The van der Waals surface area contributed by atoms with Crippen molar-refractivity contribution in [1.82, 2.24) is 0 Å². The zero-order valence-electron chi connectivity index (χ0n) is 16.8. The largest absolute Gasteiger partial charge is 0.510 e. The average Bonchev–Trinajstić information content (AvgIpc) is 2.85. The van der Waals surface area contributed by atoms with Crippen molar-refractivity contribution in [3.05, 3.63) is 11.3 Å². The van der Waals surface area contributed by atoms with Gasteiger partial charge in [0.1, 0.15) is 11.3 Å². The lowest BCUT2D eigenvalue weighted by Gasteiger charge is -2.40. The van der Waals surface area contributed by atoms with Crippen molar-refractivity contribution >= 4 is 17.3 Å². The number of carbonyl (C=O) groups is 3. The standard InChI is InChI=1S/C21H30O5/c1-10(2)14(22)13-15(23)20(7)8-12-18(3,4)11(19(5,6)26)9-21(12,16(13)24)17(20)25/h10-12,24,26H,8-9H2,1-7H3/t11-,12-,20+,21-/m0/s1. The zero-order valence-corrected chi connectivity index (χ0v) is 16.8. The van der Waals surface area contributed by atoms with Gasteiger partial charge in [-0.05, 0) is 50.9 Å². The second kappa shape index (κ2) is 5.06. The summed E-state index contributed by atoms with van der Waals surface area (Å²) in [5.41, 5.74) is -4.19. The Kier molecular flexibility index (Phi) is 3.75. The minimum Gasteiger partial charge on any atom is -0.510 e. The van der Waals surface area contributed by atoms with Gasteiger partial charge >= 0.3 is 0 Å². The van der Waals surface area contributed by atoms with Crippen molar-refractivity contribution in [2.24, 2.45) is 34.0 Å². The molecule has 0 aromatic heterocycles. The Bertz CT molecular complexity index is 751. The first-order valence-corrected chi connectivity index (χ1v) is 9.43. The van der Waals surface area contributed by atoms with E-state index < -0.39 is 39.3 Å². The van der Waals surface area contributed by atoms with E-state index in [0.717, 1.165) is 0 Å². The van der Waals surface area contributed by atoms with E-state index in [0.29, 0.717) is 6.42 Å². The van der Waals surface area contributed by atoms with Gasteiger partial charge in [-0.3, -0.25) is 14.4 Å². The molecule has 0 aromatic rings. The summed E-state index contributed by atoms with van der Waals surface area (Å²) in [5, 5.41) is 21.9. The van der Waals surface area contributed by atoms with E-state index in [1.165, 1.54) is 0 Å². The van der Waals surface area contributed by atoms with Crippen LogP contribution in [0.25, 0.3) is 0 Å². The fraction of sp³-hybridized carbons (Fsp3) is 0.762. The fourth-order valence-electron chi connectivity index (χ4n) is 6.14. The lowest BCUT2D eigenvalue weighted by Crippen LogP contribution is -2.49. The SMILES string of the molecule is CC(C)C(=O)C1=C(O)[C@]23C[C@H](C(C)(C)O)C(C)(C)[C@@H]2C[C@](C)(C1=O)C3=O. The summed E-state index contributed by atoms with van der Waals surface area (Å²) in [5.74, 6) is -2.53. The highest BCUT2D eigenvalue weighted by molar-refractivity contribution is 6.32. The number of aliphatic hydroxyl groups is 2. The highest BCUT2D eigenvalue weighted by atomic mass is 16.3. The molecule has 1 spiro atoms.